The highest BCUT2D eigenvalue weighted by Gasteiger charge is 2.67. The number of hydrogen-bond donors (Lipinski definition) is 1. The summed E-state index contributed by atoms with van der Waals surface area (Å²) in [6.07, 6.45) is 7.75. The first-order valence-electron chi connectivity index (χ1n) is 17.0. The molecule has 7 rings (SSSR count). The van der Waals surface area contributed by atoms with Crippen LogP contribution in [-0.4, -0.2) is 71.7 Å². The number of alkyl halides is 3. The zero-order valence-corrected chi connectivity index (χ0v) is 28.2. The minimum atomic E-state index is -4.70. The molecule has 0 unspecified atom stereocenters. The molecule has 3 aliphatic rings. The Kier molecular flexibility index (Phi) is 9.05. The number of piperidine rings is 1. The van der Waals surface area contributed by atoms with Crippen LogP contribution in [0.5, 0.6) is 0 Å². The molecule has 15 heteroatoms. The molecule has 1 saturated carbocycles. The second-order valence-corrected chi connectivity index (χ2v) is 13.5. The Morgan fingerprint density at radius 1 is 1.10 bits per heavy atom. The highest BCUT2D eigenvalue weighted by atomic mass is 19.4. The molecule has 1 aliphatic carbocycles. The van der Waals surface area contributed by atoms with Crippen LogP contribution in [0, 0.1) is 30.6 Å². The summed E-state index contributed by atoms with van der Waals surface area (Å²) in [7, 11) is 0. The van der Waals surface area contributed by atoms with Gasteiger partial charge in [0, 0.05) is 34.8 Å². The highest BCUT2D eigenvalue weighted by Crippen LogP contribution is 2.60. The van der Waals surface area contributed by atoms with E-state index in [-0.39, 0.29) is 30.5 Å². The molecule has 1 N–H and O–H groups in total. The Hall–Kier alpha value is -5.23. The minimum absolute atomic E-state index is 0.128. The van der Waals surface area contributed by atoms with Crippen molar-refractivity contribution in [3.05, 3.63) is 71.2 Å². The third kappa shape index (κ3) is 6.80. The Balaban J connectivity index is 1.26. The molecule has 264 valence electrons. The Morgan fingerprint density at radius 3 is 2.67 bits per heavy atom. The Bertz CT molecular complexity index is 2070. The first-order chi connectivity index (χ1) is 24.5. The van der Waals surface area contributed by atoms with Crippen LogP contribution in [0.15, 0.2) is 42.7 Å². The number of halogens is 3. The van der Waals surface area contributed by atoms with Crippen molar-refractivity contribution in [1.29, 1.82) is 5.26 Å². The summed E-state index contributed by atoms with van der Waals surface area (Å²) in [6, 6.07) is 4.72. The quantitative estimate of drug-likeness (QED) is 0.274. The van der Waals surface area contributed by atoms with Gasteiger partial charge in [-0.1, -0.05) is 24.6 Å². The van der Waals surface area contributed by atoms with E-state index >= 15 is 0 Å². The van der Waals surface area contributed by atoms with Gasteiger partial charge in [0.2, 0.25) is 11.8 Å². The fourth-order valence-corrected chi connectivity index (χ4v) is 7.22. The van der Waals surface area contributed by atoms with Gasteiger partial charge in [-0.3, -0.25) is 19.3 Å². The summed E-state index contributed by atoms with van der Waals surface area (Å²) in [5.74, 6) is -0.652. The normalized spacial score (nSPS) is 23.2. The van der Waals surface area contributed by atoms with Crippen molar-refractivity contribution in [3.8, 4) is 17.3 Å². The number of nitrogens with one attached hydrogen (secondary N) is 1. The number of aromatic nitrogens is 6. The van der Waals surface area contributed by atoms with Crippen LogP contribution in [-0.2, 0) is 33.5 Å². The molecule has 4 aromatic heterocycles. The molecule has 2 bridgehead atoms. The van der Waals surface area contributed by atoms with E-state index in [2.05, 4.69) is 37.5 Å². The molecule has 2 amide bonds. The van der Waals surface area contributed by atoms with E-state index in [1.54, 1.807) is 32.3 Å². The summed E-state index contributed by atoms with van der Waals surface area (Å²) in [5.41, 5.74) is 1.38. The lowest BCUT2D eigenvalue weighted by Gasteiger charge is -2.27. The smallest absolute Gasteiger partial charge is 0.377 e. The molecule has 1 saturated heterocycles. The molecular weight excluding hydrogens is 663 g/mol. The predicted octanol–water partition coefficient (Wildman–Crippen LogP) is 5.48. The van der Waals surface area contributed by atoms with E-state index in [9.17, 15) is 28.0 Å². The second-order valence-electron chi connectivity index (χ2n) is 13.5. The number of anilines is 1. The molecule has 0 radical (unpaired) electrons. The third-order valence-electron chi connectivity index (χ3n) is 9.96. The van der Waals surface area contributed by atoms with Crippen molar-refractivity contribution in [3.63, 3.8) is 0 Å². The maximum Gasteiger partial charge on any atom is 0.433 e. The number of rotatable bonds is 3. The van der Waals surface area contributed by atoms with Crippen LogP contribution in [0.1, 0.15) is 67.0 Å². The van der Waals surface area contributed by atoms with E-state index in [1.165, 1.54) is 15.6 Å². The number of amides is 2. The van der Waals surface area contributed by atoms with Crippen molar-refractivity contribution < 1.29 is 27.5 Å². The number of carbonyl (C=O) groups is 2. The van der Waals surface area contributed by atoms with Gasteiger partial charge in [0.15, 0.2) is 5.69 Å². The molecule has 0 aromatic carbocycles. The van der Waals surface area contributed by atoms with Gasteiger partial charge in [-0.05, 0) is 70.1 Å². The predicted molar refractivity (Wildman–Crippen MR) is 179 cm³/mol. The number of pyridine rings is 2. The summed E-state index contributed by atoms with van der Waals surface area (Å²) in [5, 5.41) is 17.8. The Morgan fingerprint density at radius 2 is 1.90 bits per heavy atom. The van der Waals surface area contributed by atoms with Crippen LogP contribution in [0.4, 0.5) is 19.0 Å². The minimum Gasteiger partial charge on any atom is -0.377 e. The summed E-state index contributed by atoms with van der Waals surface area (Å²) < 4.78 is 47.9. The van der Waals surface area contributed by atoms with Crippen molar-refractivity contribution in [1.82, 2.24) is 34.6 Å². The highest BCUT2D eigenvalue weighted by molar-refractivity contribution is 5.98. The van der Waals surface area contributed by atoms with Crippen molar-refractivity contribution in [2.45, 2.75) is 83.6 Å². The number of ether oxygens (including phenoxy) is 1. The van der Waals surface area contributed by atoms with Gasteiger partial charge in [0.05, 0.1) is 30.1 Å². The van der Waals surface area contributed by atoms with E-state index in [0.29, 0.717) is 65.3 Å². The largest absolute Gasteiger partial charge is 0.433 e. The number of nitrogens with zero attached hydrogens (tertiary/aromatic N) is 8. The number of nitriles is 1. The molecule has 2 fully saturated rings. The first kappa shape index (κ1) is 34.2. The van der Waals surface area contributed by atoms with Gasteiger partial charge in [-0.25, -0.2) is 15.0 Å². The zero-order valence-electron chi connectivity index (χ0n) is 28.2. The average molecular weight is 700 g/mol. The SMILES string of the molecule is Cc1ncc(-c2cc3c(C#N)nn4c3c(n2)CCCCC/C=C/COC[C@@]23C[C@@H](C(=O)Nc5nc(C(F)(F)F)ccc5C)N(C(=O)C4)[C@@H]2C3)cn1. The van der Waals surface area contributed by atoms with Gasteiger partial charge in [-0.15, -0.1) is 0 Å². The average Bonchev–Trinajstić information content (AvgIpc) is 3.52. The fraction of sp³-hybridized carbons (Fsp3) is 0.444. The lowest BCUT2D eigenvalue weighted by Crippen LogP contribution is -2.47. The molecule has 4 aromatic rings. The van der Waals surface area contributed by atoms with Gasteiger partial charge in [0.25, 0.3) is 0 Å². The van der Waals surface area contributed by atoms with Gasteiger partial charge >= 0.3 is 6.18 Å². The topological polar surface area (TPSA) is 152 Å². The van der Waals surface area contributed by atoms with Gasteiger partial charge in [0.1, 0.15) is 36.0 Å². The molecule has 12 nitrogen and oxygen atoms in total. The van der Waals surface area contributed by atoms with Crippen LogP contribution < -0.4 is 5.32 Å². The number of hydrogen-bond acceptors (Lipinski definition) is 9. The molecule has 0 spiro atoms. The van der Waals surface area contributed by atoms with E-state index < -0.39 is 35.1 Å². The number of aryl methyl sites for hydroxylation is 3. The zero-order chi connectivity index (χ0) is 35.9. The number of allylic oxidation sites excluding steroid dienone is 1. The molecule has 3 atom stereocenters. The van der Waals surface area contributed by atoms with Crippen LogP contribution in [0.25, 0.3) is 22.2 Å². The molecule has 6 heterocycles. The molecule has 2 aliphatic heterocycles. The first-order valence-corrected chi connectivity index (χ1v) is 17.0. The second kappa shape index (κ2) is 13.5. The fourth-order valence-electron chi connectivity index (χ4n) is 7.22. The maximum atomic E-state index is 14.3. The monoisotopic (exact) mass is 699 g/mol. The van der Waals surface area contributed by atoms with Crippen LogP contribution in [0.3, 0.4) is 0 Å². The summed E-state index contributed by atoms with van der Waals surface area (Å²) in [4.78, 5) is 47.0. The van der Waals surface area contributed by atoms with Crippen LogP contribution >= 0.6 is 0 Å². The molecule has 51 heavy (non-hydrogen) atoms. The van der Waals surface area contributed by atoms with Crippen molar-refractivity contribution >= 4 is 28.5 Å². The third-order valence-corrected chi connectivity index (χ3v) is 9.96. The van der Waals surface area contributed by atoms with Crippen molar-refractivity contribution in [2.75, 3.05) is 18.5 Å². The standard InChI is InChI=1S/C36H36F3N9O3/c1-21-10-11-29(36(37,38)39)44-33(21)45-34(50)28-14-35-15-30(35)48(28)31(49)19-47-32-24(27(16-40)46-47)13-26(23-17-41-22(2)42-18-23)43-25(32)9-7-5-3-4-6-8-12-51-20-35/h6,8,10-11,13,17-18,28,30H,3-5,7,9,12,14-15,19-20H2,1-2H3,(H,44,45,50)/b8-6+/t28-,30+,35-/m0/s1. The van der Waals surface area contributed by atoms with Crippen LogP contribution in [0.2, 0.25) is 0 Å². The maximum absolute atomic E-state index is 14.3. The van der Waals surface area contributed by atoms with Crippen molar-refractivity contribution in [2.24, 2.45) is 5.41 Å². The summed E-state index contributed by atoms with van der Waals surface area (Å²) >= 11 is 0. The van der Waals surface area contributed by atoms with Gasteiger partial charge in [-0.2, -0.15) is 23.5 Å². The van der Waals surface area contributed by atoms with Gasteiger partial charge < -0.3 is 15.0 Å². The number of carbonyl (C=O) groups excluding carboxylic acids is 2. The summed E-state index contributed by atoms with van der Waals surface area (Å²) in [6.45, 7) is 3.77. The van der Waals surface area contributed by atoms with E-state index in [4.69, 9.17) is 9.72 Å². The lowest BCUT2D eigenvalue weighted by molar-refractivity contribution is -0.141. The van der Waals surface area contributed by atoms with E-state index in [1.807, 2.05) is 6.08 Å². The molecular formula is C36H36F3N9O3. The van der Waals surface area contributed by atoms with E-state index in [0.717, 1.165) is 31.7 Å². The lowest BCUT2D eigenvalue weighted by atomic mass is 10.00. The Labute approximate surface area is 291 Å².